The van der Waals surface area contributed by atoms with Crippen molar-refractivity contribution >= 4 is 12.0 Å². The number of amides is 2. The largest absolute Gasteiger partial charge is 0.481 e. The van der Waals surface area contributed by atoms with Gasteiger partial charge >= 0.3 is 12.0 Å². The molecule has 1 aliphatic heterocycles. The molecule has 1 heterocycles. The van der Waals surface area contributed by atoms with Crippen LogP contribution >= 0.6 is 0 Å². The second kappa shape index (κ2) is 6.89. The van der Waals surface area contributed by atoms with Gasteiger partial charge in [-0.1, -0.05) is 6.07 Å². The SMILES string of the molecule is N#Cc1ccc(CNC(=O)N2CCCC(C(=O)O)C2)cc1F. The molecular formula is C15H16FN3O3. The Hall–Kier alpha value is -2.62. The number of carbonyl (C=O) groups excluding carboxylic acids is 1. The maximum absolute atomic E-state index is 13.5. The molecule has 1 saturated heterocycles. The fraction of sp³-hybridized carbons (Fsp3) is 0.400. The second-order valence-electron chi connectivity index (χ2n) is 5.21. The van der Waals surface area contributed by atoms with Gasteiger partial charge in [-0.3, -0.25) is 4.79 Å². The molecule has 7 heteroatoms. The molecule has 0 aromatic heterocycles. The van der Waals surface area contributed by atoms with Crippen molar-refractivity contribution in [2.45, 2.75) is 19.4 Å². The molecule has 6 nitrogen and oxygen atoms in total. The number of nitriles is 1. The number of hydrogen-bond donors (Lipinski definition) is 2. The summed E-state index contributed by atoms with van der Waals surface area (Å²) in [5, 5.41) is 20.3. The molecule has 0 aliphatic carbocycles. The van der Waals surface area contributed by atoms with E-state index in [4.69, 9.17) is 10.4 Å². The van der Waals surface area contributed by atoms with E-state index in [1.54, 1.807) is 12.1 Å². The number of carboxylic acids is 1. The van der Waals surface area contributed by atoms with Crippen molar-refractivity contribution < 1.29 is 19.1 Å². The Morgan fingerprint density at radius 2 is 2.27 bits per heavy atom. The maximum atomic E-state index is 13.5. The van der Waals surface area contributed by atoms with Crippen molar-refractivity contribution in [3.05, 3.63) is 35.1 Å². The minimum atomic E-state index is -0.897. The fourth-order valence-corrected chi connectivity index (χ4v) is 2.41. The van der Waals surface area contributed by atoms with E-state index in [0.29, 0.717) is 24.9 Å². The number of nitrogens with zero attached hydrogens (tertiary/aromatic N) is 2. The van der Waals surface area contributed by atoms with Crippen molar-refractivity contribution in [1.29, 1.82) is 5.26 Å². The van der Waals surface area contributed by atoms with E-state index in [2.05, 4.69) is 5.32 Å². The van der Waals surface area contributed by atoms with Crippen LogP contribution in [0.25, 0.3) is 0 Å². The Morgan fingerprint density at radius 1 is 1.50 bits per heavy atom. The number of urea groups is 1. The lowest BCUT2D eigenvalue weighted by molar-refractivity contribution is -0.143. The Bertz CT molecular complexity index is 627. The molecule has 0 radical (unpaired) electrons. The molecule has 1 aromatic rings. The monoisotopic (exact) mass is 305 g/mol. The molecule has 22 heavy (non-hydrogen) atoms. The van der Waals surface area contributed by atoms with Gasteiger partial charge in [0.15, 0.2) is 0 Å². The zero-order valence-corrected chi connectivity index (χ0v) is 11.9. The van der Waals surface area contributed by atoms with Gasteiger partial charge in [-0.2, -0.15) is 5.26 Å². The Labute approximate surface area is 127 Å². The van der Waals surface area contributed by atoms with Crippen LogP contribution in [-0.2, 0) is 11.3 Å². The number of piperidine rings is 1. The van der Waals surface area contributed by atoms with Gasteiger partial charge in [0, 0.05) is 19.6 Å². The third-order valence-corrected chi connectivity index (χ3v) is 3.66. The predicted octanol–water partition coefficient (Wildman–Crippen LogP) is 1.70. The molecule has 2 amide bonds. The summed E-state index contributed by atoms with van der Waals surface area (Å²) in [4.78, 5) is 24.5. The Kier molecular flexibility index (Phi) is 4.94. The van der Waals surface area contributed by atoms with Crippen molar-refractivity contribution in [1.82, 2.24) is 10.2 Å². The quantitative estimate of drug-likeness (QED) is 0.889. The van der Waals surface area contributed by atoms with Crippen molar-refractivity contribution in [2.75, 3.05) is 13.1 Å². The van der Waals surface area contributed by atoms with E-state index in [0.717, 1.165) is 0 Å². The molecule has 1 aromatic carbocycles. The van der Waals surface area contributed by atoms with E-state index < -0.39 is 17.7 Å². The average Bonchev–Trinajstić information content (AvgIpc) is 2.52. The van der Waals surface area contributed by atoms with Crippen LogP contribution in [0.15, 0.2) is 18.2 Å². The molecule has 2 N–H and O–H groups in total. The van der Waals surface area contributed by atoms with E-state index in [-0.39, 0.29) is 24.7 Å². The minimum Gasteiger partial charge on any atom is -0.481 e. The fourth-order valence-electron chi connectivity index (χ4n) is 2.41. The highest BCUT2D eigenvalue weighted by Crippen LogP contribution is 2.16. The topological polar surface area (TPSA) is 93.4 Å². The molecule has 0 saturated carbocycles. The molecule has 1 fully saturated rings. The van der Waals surface area contributed by atoms with Crippen LogP contribution in [0.3, 0.4) is 0 Å². The van der Waals surface area contributed by atoms with Gasteiger partial charge in [0.2, 0.25) is 0 Å². The first-order valence-electron chi connectivity index (χ1n) is 6.95. The summed E-state index contributed by atoms with van der Waals surface area (Å²) in [6.45, 7) is 0.815. The molecule has 1 atom stereocenters. The number of benzene rings is 1. The number of carbonyl (C=O) groups is 2. The van der Waals surface area contributed by atoms with E-state index in [9.17, 15) is 14.0 Å². The van der Waals surface area contributed by atoms with Crippen LogP contribution in [0.4, 0.5) is 9.18 Å². The van der Waals surface area contributed by atoms with Gasteiger partial charge in [0.25, 0.3) is 0 Å². The Morgan fingerprint density at radius 3 is 2.91 bits per heavy atom. The standard InChI is InChI=1S/C15H16FN3O3/c16-13-6-10(3-4-11(13)7-17)8-18-15(22)19-5-1-2-12(9-19)14(20)21/h3-4,6,12H,1-2,5,8-9H2,(H,18,22)(H,20,21). The number of likely N-dealkylation sites (tertiary alicyclic amines) is 1. The first-order chi connectivity index (χ1) is 10.5. The first-order valence-corrected chi connectivity index (χ1v) is 6.95. The summed E-state index contributed by atoms with van der Waals surface area (Å²) in [6, 6.07) is 5.49. The van der Waals surface area contributed by atoms with Gasteiger partial charge in [-0.15, -0.1) is 0 Å². The number of carboxylic acid groups (broad SMARTS) is 1. The smallest absolute Gasteiger partial charge is 0.317 e. The van der Waals surface area contributed by atoms with Gasteiger partial charge in [0.05, 0.1) is 11.5 Å². The van der Waals surface area contributed by atoms with Crippen LogP contribution in [0.2, 0.25) is 0 Å². The lowest BCUT2D eigenvalue weighted by Crippen LogP contribution is -2.46. The zero-order chi connectivity index (χ0) is 16.1. The summed E-state index contributed by atoms with van der Waals surface area (Å²) in [5.74, 6) is -2.06. The molecule has 1 aliphatic rings. The number of hydrogen-bond acceptors (Lipinski definition) is 3. The lowest BCUT2D eigenvalue weighted by atomic mass is 9.99. The van der Waals surface area contributed by atoms with Gasteiger partial charge in [-0.25, -0.2) is 9.18 Å². The van der Waals surface area contributed by atoms with E-state index in [1.165, 1.54) is 17.0 Å². The molecule has 0 spiro atoms. The highest BCUT2D eigenvalue weighted by molar-refractivity contribution is 5.76. The summed E-state index contributed by atoms with van der Waals surface area (Å²) >= 11 is 0. The van der Waals surface area contributed by atoms with Crippen LogP contribution in [0.5, 0.6) is 0 Å². The number of rotatable bonds is 3. The minimum absolute atomic E-state index is 0.0459. The van der Waals surface area contributed by atoms with Gasteiger partial charge < -0.3 is 15.3 Å². The van der Waals surface area contributed by atoms with Crippen LogP contribution < -0.4 is 5.32 Å². The molecule has 116 valence electrons. The van der Waals surface area contributed by atoms with Gasteiger partial charge in [0.1, 0.15) is 11.9 Å². The summed E-state index contributed by atoms with van der Waals surface area (Å²) in [7, 11) is 0. The highest BCUT2D eigenvalue weighted by atomic mass is 19.1. The zero-order valence-electron chi connectivity index (χ0n) is 11.9. The number of nitrogens with one attached hydrogen (secondary N) is 1. The molecular weight excluding hydrogens is 289 g/mol. The van der Waals surface area contributed by atoms with Gasteiger partial charge in [-0.05, 0) is 30.5 Å². The summed E-state index contributed by atoms with van der Waals surface area (Å²) < 4.78 is 13.5. The average molecular weight is 305 g/mol. The van der Waals surface area contributed by atoms with Crippen molar-refractivity contribution in [3.8, 4) is 6.07 Å². The normalized spacial score (nSPS) is 17.6. The van der Waals surface area contributed by atoms with E-state index >= 15 is 0 Å². The number of aliphatic carboxylic acids is 1. The van der Waals surface area contributed by atoms with Crippen LogP contribution in [0.1, 0.15) is 24.0 Å². The maximum Gasteiger partial charge on any atom is 0.317 e. The Balaban J connectivity index is 1.91. The molecule has 0 bridgehead atoms. The highest BCUT2D eigenvalue weighted by Gasteiger charge is 2.27. The number of halogens is 1. The van der Waals surface area contributed by atoms with Crippen LogP contribution in [-0.4, -0.2) is 35.1 Å². The first kappa shape index (κ1) is 15.8. The third-order valence-electron chi connectivity index (χ3n) is 3.66. The second-order valence-corrected chi connectivity index (χ2v) is 5.21. The predicted molar refractivity (Wildman–Crippen MR) is 75.3 cm³/mol. The molecule has 2 rings (SSSR count). The molecule has 1 unspecified atom stereocenters. The lowest BCUT2D eigenvalue weighted by Gasteiger charge is -2.30. The van der Waals surface area contributed by atoms with E-state index in [1.807, 2.05) is 0 Å². The van der Waals surface area contributed by atoms with Crippen molar-refractivity contribution in [2.24, 2.45) is 5.92 Å². The summed E-state index contributed by atoms with van der Waals surface area (Å²) in [5.41, 5.74) is 0.493. The van der Waals surface area contributed by atoms with Crippen LogP contribution in [0, 0.1) is 23.1 Å². The summed E-state index contributed by atoms with van der Waals surface area (Å²) in [6.07, 6.45) is 1.22. The third kappa shape index (κ3) is 3.73. The van der Waals surface area contributed by atoms with Crippen molar-refractivity contribution in [3.63, 3.8) is 0 Å².